The Kier molecular flexibility index (Phi) is 3.43. The SMILES string of the molecule is NS(=O)(=O)c1ccc(N2CCC3(CCOC3)CC2)nc1. The van der Waals surface area contributed by atoms with E-state index in [1.165, 1.54) is 12.3 Å². The predicted octanol–water partition coefficient (Wildman–Crippen LogP) is 0.736. The van der Waals surface area contributed by atoms with Crippen molar-refractivity contribution in [2.24, 2.45) is 10.6 Å². The van der Waals surface area contributed by atoms with Gasteiger partial charge in [-0.2, -0.15) is 0 Å². The molecular formula is C13H19N3O3S. The summed E-state index contributed by atoms with van der Waals surface area (Å²) >= 11 is 0. The van der Waals surface area contributed by atoms with Crippen molar-refractivity contribution >= 4 is 15.8 Å². The highest BCUT2D eigenvalue weighted by atomic mass is 32.2. The highest BCUT2D eigenvalue weighted by molar-refractivity contribution is 7.89. The average molecular weight is 297 g/mol. The van der Waals surface area contributed by atoms with Gasteiger partial charge in [0.1, 0.15) is 10.7 Å². The van der Waals surface area contributed by atoms with Crippen molar-refractivity contribution in [3.63, 3.8) is 0 Å². The third-order valence-corrected chi connectivity index (χ3v) is 5.28. The number of aromatic nitrogens is 1. The number of sulfonamides is 1. The number of piperidine rings is 1. The van der Waals surface area contributed by atoms with E-state index in [2.05, 4.69) is 9.88 Å². The summed E-state index contributed by atoms with van der Waals surface area (Å²) in [6, 6.07) is 3.24. The van der Waals surface area contributed by atoms with Crippen LogP contribution in [0.1, 0.15) is 19.3 Å². The molecule has 0 atom stereocenters. The minimum absolute atomic E-state index is 0.0546. The van der Waals surface area contributed by atoms with Crippen LogP contribution in [0, 0.1) is 5.41 Å². The summed E-state index contributed by atoms with van der Waals surface area (Å²) in [5.74, 6) is 0.811. The Balaban J connectivity index is 1.69. The third-order valence-electron chi connectivity index (χ3n) is 4.38. The molecule has 1 aromatic rings. The molecule has 2 aliphatic rings. The predicted molar refractivity (Wildman–Crippen MR) is 74.9 cm³/mol. The summed E-state index contributed by atoms with van der Waals surface area (Å²) < 4.78 is 27.9. The molecule has 2 N–H and O–H groups in total. The molecule has 0 radical (unpaired) electrons. The van der Waals surface area contributed by atoms with Gasteiger partial charge in [0.25, 0.3) is 0 Å². The highest BCUT2D eigenvalue weighted by Crippen LogP contribution is 2.39. The standard InChI is InChI=1S/C13H19N3O3S/c14-20(17,18)11-1-2-12(15-9-11)16-6-3-13(4-7-16)5-8-19-10-13/h1-2,9H,3-8,10H2,(H2,14,17,18). The third kappa shape index (κ3) is 2.65. The van der Waals surface area contributed by atoms with Gasteiger partial charge in [-0.3, -0.25) is 0 Å². The summed E-state index contributed by atoms with van der Waals surface area (Å²) in [5.41, 5.74) is 0.358. The van der Waals surface area contributed by atoms with Crippen molar-refractivity contribution in [1.82, 2.24) is 4.98 Å². The number of rotatable bonds is 2. The number of nitrogens with two attached hydrogens (primary N) is 1. The van der Waals surface area contributed by atoms with Crippen LogP contribution >= 0.6 is 0 Å². The first-order chi connectivity index (χ1) is 9.49. The molecule has 0 amide bonds. The average Bonchev–Trinajstić information content (AvgIpc) is 2.87. The van der Waals surface area contributed by atoms with Crippen molar-refractivity contribution < 1.29 is 13.2 Å². The van der Waals surface area contributed by atoms with E-state index in [9.17, 15) is 8.42 Å². The lowest BCUT2D eigenvalue weighted by atomic mass is 9.78. The minimum Gasteiger partial charge on any atom is -0.381 e. The molecular weight excluding hydrogens is 278 g/mol. The van der Waals surface area contributed by atoms with Crippen LogP contribution in [0.25, 0.3) is 0 Å². The maximum Gasteiger partial charge on any atom is 0.239 e. The van der Waals surface area contributed by atoms with Gasteiger partial charge in [-0.05, 0) is 36.8 Å². The van der Waals surface area contributed by atoms with Crippen LogP contribution in [0.3, 0.4) is 0 Å². The van der Waals surface area contributed by atoms with Crippen molar-refractivity contribution in [3.05, 3.63) is 18.3 Å². The fourth-order valence-electron chi connectivity index (χ4n) is 2.98. The Morgan fingerprint density at radius 1 is 1.25 bits per heavy atom. The minimum atomic E-state index is -3.67. The molecule has 1 spiro atoms. The van der Waals surface area contributed by atoms with Gasteiger partial charge in [-0.1, -0.05) is 0 Å². The van der Waals surface area contributed by atoms with Crippen molar-refractivity contribution in [1.29, 1.82) is 0 Å². The molecule has 0 saturated carbocycles. The maximum atomic E-state index is 11.2. The molecule has 110 valence electrons. The topological polar surface area (TPSA) is 85.5 Å². The molecule has 6 nitrogen and oxygen atoms in total. The summed E-state index contributed by atoms with van der Waals surface area (Å²) in [6.07, 6.45) is 4.68. The molecule has 7 heteroatoms. The number of hydrogen-bond donors (Lipinski definition) is 1. The molecule has 0 bridgehead atoms. The molecule has 20 heavy (non-hydrogen) atoms. The number of nitrogens with zero attached hydrogens (tertiary/aromatic N) is 2. The van der Waals surface area contributed by atoms with E-state index in [0.29, 0.717) is 5.41 Å². The van der Waals surface area contributed by atoms with Crippen LogP contribution in [0.2, 0.25) is 0 Å². The van der Waals surface area contributed by atoms with Gasteiger partial charge in [0, 0.05) is 25.9 Å². The molecule has 2 saturated heterocycles. The van der Waals surface area contributed by atoms with Crippen LogP contribution in [-0.2, 0) is 14.8 Å². The zero-order valence-corrected chi connectivity index (χ0v) is 12.1. The first-order valence-electron chi connectivity index (χ1n) is 6.80. The van der Waals surface area contributed by atoms with Crippen LogP contribution in [0.15, 0.2) is 23.2 Å². The summed E-state index contributed by atoms with van der Waals surface area (Å²) in [7, 11) is -3.67. The fraction of sp³-hybridized carbons (Fsp3) is 0.615. The lowest BCUT2D eigenvalue weighted by Crippen LogP contribution is -2.40. The summed E-state index contributed by atoms with van der Waals surface area (Å²) in [5, 5.41) is 5.07. The van der Waals surface area contributed by atoms with E-state index in [4.69, 9.17) is 9.88 Å². The Morgan fingerprint density at radius 2 is 2.00 bits per heavy atom. The summed E-state index contributed by atoms with van der Waals surface area (Å²) in [6.45, 7) is 3.62. The second-order valence-corrected chi connectivity index (χ2v) is 7.25. The van der Waals surface area contributed by atoms with E-state index in [1.807, 2.05) is 0 Å². The Labute approximate surface area is 119 Å². The highest BCUT2D eigenvalue weighted by Gasteiger charge is 2.38. The quantitative estimate of drug-likeness (QED) is 0.870. The molecule has 0 aliphatic carbocycles. The smallest absolute Gasteiger partial charge is 0.239 e. The lowest BCUT2D eigenvalue weighted by Gasteiger charge is -2.38. The second kappa shape index (κ2) is 4.98. The van der Waals surface area contributed by atoms with Gasteiger partial charge in [0.15, 0.2) is 0 Å². The molecule has 0 aromatic carbocycles. The first-order valence-corrected chi connectivity index (χ1v) is 8.35. The number of ether oxygens (including phenoxy) is 1. The number of hydrogen-bond acceptors (Lipinski definition) is 5. The van der Waals surface area contributed by atoms with Crippen LogP contribution in [0.5, 0.6) is 0 Å². The zero-order chi connectivity index (χ0) is 14.2. The van der Waals surface area contributed by atoms with Crippen LogP contribution < -0.4 is 10.0 Å². The largest absolute Gasteiger partial charge is 0.381 e. The normalized spacial score (nSPS) is 22.4. The van der Waals surface area contributed by atoms with E-state index in [1.54, 1.807) is 6.07 Å². The van der Waals surface area contributed by atoms with E-state index >= 15 is 0 Å². The maximum absolute atomic E-state index is 11.2. The zero-order valence-electron chi connectivity index (χ0n) is 11.3. The van der Waals surface area contributed by atoms with Crippen molar-refractivity contribution in [3.8, 4) is 0 Å². The molecule has 0 unspecified atom stereocenters. The first kappa shape index (κ1) is 13.8. The van der Waals surface area contributed by atoms with Gasteiger partial charge in [-0.25, -0.2) is 18.5 Å². The van der Waals surface area contributed by atoms with Gasteiger partial charge in [0.2, 0.25) is 10.0 Å². The number of anilines is 1. The van der Waals surface area contributed by atoms with E-state index in [0.717, 1.165) is 51.4 Å². The van der Waals surface area contributed by atoms with E-state index < -0.39 is 10.0 Å². The van der Waals surface area contributed by atoms with Crippen molar-refractivity contribution in [2.45, 2.75) is 24.2 Å². The Morgan fingerprint density at radius 3 is 2.50 bits per heavy atom. The molecule has 3 heterocycles. The molecule has 3 rings (SSSR count). The lowest BCUT2D eigenvalue weighted by molar-refractivity contribution is 0.133. The molecule has 1 aromatic heterocycles. The van der Waals surface area contributed by atoms with Crippen LogP contribution in [-0.4, -0.2) is 39.7 Å². The van der Waals surface area contributed by atoms with Crippen LogP contribution in [0.4, 0.5) is 5.82 Å². The van der Waals surface area contributed by atoms with Gasteiger partial charge in [-0.15, -0.1) is 0 Å². The number of primary sulfonamides is 1. The van der Waals surface area contributed by atoms with Gasteiger partial charge >= 0.3 is 0 Å². The number of pyridine rings is 1. The van der Waals surface area contributed by atoms with Gasteiger partial charge < -0.3 is 9.64 Å². The summed E-state index contributed by atoms with van der Waals surface area (Å²) in [4.78, 5) is 6.46. The molecule has 2 aliphatic heterocycles. The van der Waals surface area contributed by atoms with Crippen molar-refractivity contribution in [2.75, 3.05) is 31.2 Å². The fourth-order valence-corrected chi connectivity index (χ4v) is 3.44. The Bertz CT molecular complexity index is 569. The van der Waals surface area contributed by atoms with Gasteiger partial charge in [0.05, 0.1) is 6.61 Å². The Hall–Kier alpha value is -1.18. The molecule has 2 fully saturated rings. The second-order valence-electron chi connectivity index (χ2n) is 5.69. The monoisotopic (exact) mass is 297 g/mol. The van der Waals surface area contributed by atoms with E-state index in [-0.39, 0.29) is 4.90 Å².